The molecule has 1 aromatic carbocycles. The van der Waals surface area contributed by atoms with Crippen LogP contribution in [0.1, 0.15) is 31.7 Å². The topological polar surface area (TPSA) is 66.4 Å². The van der Waals surface area contributed by atoms with Crippen LogP contribution in [0.2, 0.25) is 0 Å². The van der Waals surface area contributed by atoms with Gasteiger partial charge in [0.05, 0.1) is 5.92 Å². The third-order valence-electron chi connectivity index (χ3n) is 4.40. The fourth-order valence-corrected chi connectivity index (χ4v) is 3.61. The van der Waals surface area contributed by atoms with E-state index >= 15 is 0 Å². The van der Waals surface area contributed by atoms with Crippen molar-refractivity contribution in [3.05, 3.63) is 28.2 Å². The summed E-state index contributed by atoms with van der Waals surface area (Å²) in [5, 5.41) is 13.7. The van der Waals surface area contributed by atoms with Crippen LogP contribution in [0.25, 0.3) is 0 Å². The number of hydrogen-bond donors (Lipinski definition) is 2. The summed E-state index contributed by atoms with van der Waals surface area (Å²) in [6, 6.07) is 5.27. The predicted molar refractivity (Wildman–Crippen MR) is 78.2 cm³/mol. The van der Waals surface area contributed by atoms with Crippen LogP contribution in [0.4, 0.5) is 5.69 Å². The number of carbonyl (C=O) groups excluding carboxylic acids is 2. The molecule has 5 heteroatoms. The second-order valence-corrected chi connectivity index (χ2v) is 6.72. The Morgan fingerprint density at radius 3 is 2.90 bits per heavy atom. The lowest BCUT2D eigenvalue weighted by atomic mass is 9.70. The van der Waals surface area contributed by atoms with Crippen molar-refractivity contribution in [3.8, 4) is 0 Å². The molecule has 3 rings (SSSR count). The van der Waals surface area contributed by atoms with Crippen LogP contribution in [0.15, 0.2) is 22.7 Å². The molecule has 0 bridgehead atoms. The smallest absolute Gasteiger partial charge is 0.261 e. The largest absolute Gasteiger partial charge is 0.375 e. The number of hydrogen-bond acceptors (Lipinski definition) is 3. The predicted octanol–water partition coefficient (Wildman–Crippen LogP) is 2.59. The molecule has 2 aliphatic rings. The molecule has 1 aromatic rings. The summed E-state index contributed by atoms with van der Waals surface area (Å²) >= 11 is 3.35. The minimum absolute atomic E-state index is 0.0198. The van der Waals surface area contributed by atoms with Crippen molar-refractivity contribution < 1.29 is 14.7 Å². The molecule has 20 heavy (non-hydrogen) atoms. The van der Waals surface area contributed by atoms with Crippen LogP contribution < -0.4 is 5.32 Å². The average Bonchev–Trinajstić information content (AvgIpc) is 2.66. The monoisotopic (exact) mass is 337 g/mol. The van der Waals surface area contributed by atoms with E-state index in [1.165, 1.54) is 0 Å². The van der Waals surface area contributed by atoms with E-state index in [0.29, 0.717) is 30.0 Å². The van der Waals surface area contributed by atoms with E-state index < -0.39 is 17.4 Å². The molecule has 1 saturated carbocycles. The number of rotatable bonds is 1. The first-order chi connectivity index (χ1) is 9.42. The van der Waals surface area contributed by atoms with Crippen molar-refractivity contribution in [1.29, 1.82) is 0 Å². The number of halogens is 1. The SMILES string of the molecule is C[C@H]1CCC(=O)[C@H]([C@]2(O)C(=O)Nc3ccc(Br)cc32)C1. The third-order valence-corrected chi connectivity index (χ3v) is 4.89. The zero-order chi connectivity index (χ0) is 14.5. The second kappa shape index (κ2) is 4.67. The second-order valence-electron chi connectivity index (χ2n) is 5.81. The van der Waals surface area contributed by atoms with E-state index in [0.717, 1.165) is 10.9 Å². The highest BCUT2D eigenvalue weighted by molar-refractivity contribution is 9.10. The first-order valence-electron chi connectivity index (χ1n) is 6.79. The van der Waals surface area contributed by atoms with Gasteiger partial charge in [0.15, 0.2) is 5.60 Å². The van der Waals surface area contributed by atoms with E-state index in [-0.39, 0.29) is 5.78 Å². The standard InChI is InChI=1S/C15H16BrNO3/c1-8-2-5-13(18)11(6-8)15(20)10-7-9(16)3-4-12(10)17-14(15)19/h3-4,7-8,11,20H,2,5-6H2,1H3,(H,17,19)/t8-,11+,15-/m0/s1. The first-order valence-corrected chi connectivity index (χ1v) is 7.58. The molecule has 4 nitrogen and oxygen atoms in total. The maximum atomic E-state index is 12.3. The van der Waals surface area contributed by atoms with Crippen LogP contribution in [0, 0.1) is 11.8 Å². The number of fused-ring (bicyclic) bond motifs is 1. The molecular weight excluding hydrogens is 322 g/mol. The first kappa shape index (κ1) is 13.8. The lowest BCUT2D eigenvalue weighted by Crippen LogP contribution is -2.47. The number of aliphatic hydroxyl groups is 1. The lowest BCUT2D eigenvalue weighted by molar-refractivity contribution is -0.151. The van der Waals surface area contributed by atoms with E-state index in [1.54, 1.807) is 18.2 Å². The Balaban J connectivity index is 2.09. The summed E-state index contributed by atoms with van der Waals surface area (Å²) in [4.78, 5) is 24.5. The summed E-state index contributed by atoms with van der Waals surface area (Å²) in [5.74, 6) is -0.820. The van der Waals surface area contributed by atoms with Gasteiger partial charge in [-0.2, -0.15) is 0 Å². The zero-order valence-electron chi connectivity index (χ0n) is 11.1. The molecule has 0 saturated heterocycles. The number of nitrogens with one attached hydrogen (secondary N) is 1. The van der Waals surface area contributed by atoms with E-state index in [4.69, 9.17) is 0 Å². The number of carbonyl (C=O) groups is 2. The van der Waals surface area contributed by atoms with Crippen LogP contribution >= 0.6 is 15.9 Å². The molecule has 2 N–H and O–H groups in total. The van der Waals surface area contributed by atoms with Gasteiger partial charge in [-0.15, -0.1) is 0 Å². The van der Waals surface area contributed by atoms with E-state index in [9.17, 15) is 14.7 Å². The van der Waals surface area contributed by atoms with Gasteiger partial charge in [0.1, 0.15) is 5.78 Å². The van der Waals surface area contributed by atoms with Gasteiger partial charge in [-0.05, 0) is 37.0 Å². The van der Waals surface area contributed by atoms with Crippen molar-refractivity contribution in [2.24, 2.45) is 11.8 Å². The summed E-state index contributed by atoms with van der Waals surface area (Å²) in [6.45, 7) is 2.05. The number of ketones is 1. The zero-order valence-corrected chi connectivity index (χ0v) is 12.7. The van der Waals surface area contributed by atoms with Crippen molar-refractivity contribution in [3.63, 3.8) is 0 Å². The highest BCUT2D eigenvalue weighted by atomic mass is 79.9. The fraction of sp³-hybridized carbons (Fsp3) is 0.467. The van der Waals surface area contributed by atoms with Gasteiger partial charge in [-0.3, -0.25) is 9.59 Å². The normalized spacial score (nSPS) is 33.0. The van der Waals surface area contributed by atoms with Gasteiger partial charge in [0.25, 0.3) is 5.91 Å². The number of benzene rings is 1. The van der Waals surface area contributed by atoms with E-state index in [1.807, 2.05) is 0 Å². The lowest BCUT2D eigenvalue weighted by Gasteiger charge is -2.35. The van der Waals surface area contributed by atoms with Gasteiger partial charge in [-0.25, -0.2) is 0 Å². The van der Waals surface area contributed by atoms with Gasteiger partial charge in [0.2, 0.25) is 0 Å². The highest BCUT2D eigenvalue weighted by Gasteiger charge is 2.54. The van der Waals surface area contributed by atoms with Gasteiger partial charge in [0, 0.05) is 22.1 Å². The summed E-state index contributed by atoms with van der Waals surface area (Å²) in [5.41, 5.74) is -0.638. The van der Waals surface area contributed by atoms with Crippen LogP contribution in [0.3, 0.4) is 0 Å². The maximum Gasteiger partial charge on any atom is 0.261 e. The Bertz CT molecular complexity index is 601. The third kappa shape index (κ3) is 1.91. The molecule has 106 valence electrons. The van der Waals surface area contributed by atoms with Crippen LogP contribution in [-0.4, -0.2) is 16.8 Å². The Labute approximate surface area is 125 Å². The van der Waals surface area contributed by atoms with Gasteiger partial charge >= 0.3 is 0 Å². The average molecular weight is 338 g/mol. The number of anilines is 1. The van der Waals surface area contributed by atoms with Gasteiger partial charge < -0.3 is 10.4 Å². The Kier molecular flexibility index (Phi) is 3.21. The molecular formula is C15H16BrNO3. The molecule has 1 heterocycles. The van der Waals surface area contributed by atoms with Crippen LogP contribution in [-0.2, 0) is 15.2 Å². The molecule has 3 atom stereocenters. The van der Waals surface area contributed by atoms with Crippen molar-refractivity contribution >= 4 is 33.3 Å². The Morgan fingerprint density at radius 2 is 2.15 bits per heavy atom. The van der Waals surface area contributed by atoms with Crippen molar-refractivity contribution in [1.82, 2.24) is 0 Å². The molecule has 1 aliphatic carbocycles. The molecule has 0 radical (unpaired) electrons. The van der Waals surface area contributed by atoms with Crippen molar-refractivity contribution in [2.75, 3.05) is 5.32 Å². The Hall–Kier alpha value is -1.20. The highest BCUT2D eigenvalue weighted by Crippen LogP contribution is 2.46. The maximum absolute atomic E-state index is 12.3. The molecule has 1 amide bonds. The summed E-state index contributed by atoms with van der Waals surface area (Å²) < 4.78 is 0.780. The van der Waals surface area contributed by atoms with Crippen molar-refractivity contribution in [2.45, 2.75) is 31.8 Å². The summed E-state index contributed by atoms with van der Waals surface area (Å²) in [6.07, 6.45) is 1.82. The Morgan fingerprint density at radius 1 is 1.40 bits per heavy atom. The molecule has 1 aliphatic heterocycles. The fourth-order valence-electron chi connectivity index (χ4n) is 3.24. The number of amides is 1. The minimum Gasteiger partial charge on any atom is -0.375 e. The van der Waals surface area contributed by atoms with E-state index in [2.05, 4.69) is 28.2 Å². The molecule has 0 unspecified atom stereocenters. The number of Topliss-reactive ketones (excluding diaryl/α,β-unsaturated/α-hetero) is 1. The molecule has 0 aromatic heterocycles. The van der Waals surface area contributed by atoms with Gasteiger partial charge in [-0.1, -0.05) is 22.9 Å². The minimum atomic E-state index is -1.73. The quantitative estimate of drug-likeness (QED) is 0.827. The van der Waals surface area contributed by atoms with Crippen LogP contribution in [0.5, 0.6) is 0 Å². The summed E-state index contributed by atoms with van der Waals surface area (Å²) in [7, 11) is 0. The molecule has 0 spiro atoms. The molecule has 1 fully saturated rings.